The second-order valence-electron chi connectivity index (χ2n) is 5.66. The third-order valence-electron chi connectivity index (χ3n) is 3.76. The lowest BCUT2D eigenvalue weighted by atomic mass is 10.2. The van der Waals surface area contributed by atoms with Gasteiger partial charge in [0.05, 0.1) is 22.6 Å². The van der Waals surface area contributed by atoms with Gasteiger partial charge in [0.2, 0.25) is 0 Å². The normalized spacial score (nSPS) is 10.3. The molecule has 0 saturated heterocycles. The van der Waals surface area contributed by atoms with Crippen LogP contribution in [0.25, 0.3) is 10.6 Å². The molecular weight excluding hydrogens is 360 g/mol. The van der Waals surface area contributed by atoms with E-state index in [1.807, 2.05) is 36.4 Å². The number of methoxy groups -OCH3 is 1. The van der Waals surface area contributed by atoms with Gasteiger partial charge in [0.1, 0.15) is 17.9 Å². The van der Waals surface area contributed by atoms with Gasteiger partial charge in [-0.1, -0.05) is 18.2 Å². The van der Waals surface area contributed by atoms with E-state index in [-0.39, 0.29) is 5.91 Å². The first-order chi connectivity index (χ1) is 13.2. The van der Waals surface area contributed by atoms with Crippen molar-refractivity contribution < 1.29 is 9.53 Å². The summed E-state index contributed by atoms with van der Waals surface area (Å²) in [7, 11) is 1.62. The highest BCUT2D eigenvalue weighted by atomic mass is 32.1. The summed E-state index contributed by atoms with van der Waals surface area (Å²) in [4.78, 5) is 22.4. The van der Waals surface area contributed by atoms with Crippen molar-refractivity contribution in [1.29, 1.82) is 0 Å². The van der Waals surface area contributed by atoms with Gasteiger partial charge in [-0.15, -0.1) is 17.9 Å². The molecule has 0 bridgehead atoms. The van der Waals surface area contributed by atoms with Crippen LogP contribution in [0.1, 0.15) is 15.2 Å². The molecule has 0 spiro atoms. The van der Waals surface area contributed by atoms with E-state index in [4.69, 9.17) is 4.74 Å². The van der Waals surface area contributed by atoms with Crippen LogP contribution in [0.3, 0.4) is 0 Å². The standard InChI is InChI=1S/C20H20N4O2S/c1-3-9-21-19-11-16(23-13-24-19)17-7-8-18(27-17)20(25)22-12-14-5-4-6-15(10-14)26-2/h3-8,10-11,13H,1,9,12H2,2H3,(H,22,25)(H,21,23,24). The van der Waals surface area contributed by atoms with Crippen molar-refractivity contribution in [3.05, 3.63) is 71.9 Å². The van der Waals surface area contributed by atoms with Gasteiger partial charge in [-0.25, -0.2) is 9.97 Å². The number of aromatic nitrogens is 2. The zero-order chi connectivity index (χ0) is 19.1. The van der Waals surface area contributed by atoms with Crippen molar-refractivity contribution >= 4 is 23.1 Å². The first-order valence-electron chi connectivity index (χ1n) is 8.37. The Balaban J connectivity index is 1.66. The number of rotatable bonds is 8. The molecule has 7 heteroatoms. The molecule has 3 rings (SSSR count). The Bertz CT molecular complexity index is 939. The smallest absolute Gasteiger partial charge is 0.261 e. The zero-order valence-corrected chi connectivity index (χ0v) is 15.8. The molecule has 1 amide bonds. The number of ether oxygens (including phenoxy) is 1. The molecule has 0 atom stereocenters. The highest BCUT2D eigenvalue weighted by Gasteiger charge is 2.11. The van der Waals surface area contributed by atoms with Crippen LogP contribution >= 0.6 is 11.3 Å². The van der Waals surface area contributed by atoms with Gasteiger partial charge in [0, 0.05) is 19.2 Å². The quantitative estimate of drug-likeness (QED) is 0.582. The Kier molecular flexibility index (Phi) is 6.17. The lowest BCUT2D eigenvalue weighted by Crippen LogP contribution is -2.21. The Morgan fingerprint density at radius 3 is 2.96 bits per heavy atom. The molecule has 0 aliphatic heterocycles. The summed E-state index contributed by atoms with van der Waals surface area (Å²) < 4.78 is 5.20. The van der Waals surface area contributed by atoms with E-state index in [1.54, 1.807) is 19.3 Å². The number of hydrogen-bond acceptors (Lipinski definition) is 6. The van der Waals surface area contributed by atoms with Crippen LogP contribution in [0.4, 0.5) is 5.82 Å². The fraction of sp³-hybridized carbons (Fsp3) is 0.150. The maximum Gasteiger partial charge on any atom is 0.261 e. The van der Waals surface area contributed by atoms with Crippen molar-refractivity contribution in [2.75, 3.05) is 19.0 Å². The summed E-state index contributed by atoms with van der Waals surface area (Å²) in [6, 6.07) is 13.2. The minimum Gasteiger partial charge on any atom is -0.497 e. The van der Waals surface area contributed by atoms with Crippen LogP contribution < -0.4 is 15.4 Å². The SMILES string of the molecule is C=CCNc1cc(-c2ccc(C(=O)NCc3cccc(OC)c3)s2)ncn1. The average molecular weight is 380 g/mol. The number of amides is 1. The molecule has 6 nitrogen and oxygen atoms in total. The largest absolute Gasteiger partial charge is 0.497 e. The lowest BCUT2D eigenvalue weighted by molar-refractivity contribution is 0.0955. The van der Waals surface area contributed by atoms with E-state index >= 15 is 0 Å². The Hall–Kier alpha value is -3.19. The molecule has 27 heavy (non-hydrogen) atoms. The molecule has 0 fully saturated rings. The van der Waals surface area contributed by atoms with Gasteiger partial charge in [-0.05, 0) is 29.8 Å². The number of anilines is 1. The summed E-state index contributed by atoms with van der Waals surface area (Å²) in [6.07, 6.45) is 3.26. The second-order valence-corrected chi connectivity index (χ2v) is 6.74. The maximum atomic E-state index is 12.4. The molecule has 0 aliphatic rings. The number of carbonyl (C=O) groups excluding carboxylic acids is 1. The lowest BCUT2D eigenvalue weighted by Gasteiger charge is -2.06. The van der Waals surface area contributed by atoms with Gasteiger partial charge in [-0.3, -0.25) is 4.79 Å². The third kappa shape index (κ3) is 4.92. The predicted octanol–water partition coefficient (Wildman–Crippen LogP) is 3.74. The summed E-state index contributed by atoms with van der Waals surface area (Å²) in [5.41, 5.74) is 1.75. The Morgan fingerprint density at radius 2 is 2.15 bits per heavy atom. The van der Waals surface area contributed by atoms with Crippen molar-refractivity contribution in [2.45, 2.75) is 6.54 Å². The molecule has 2 heterocycles. The third-order valence-corrected chi connectivity index (χ3v) is 4.87. The molecule has 2 N–H and O–H groups in total. The van der Waals surface area contributed by atoms with Gasteiger partial charge in [0.15, 0.2) is 0 Å². The summed E-state index contributed by atoms with van der Waals surface area (Å²) >= 11 is 1.39. The molecule has 138 valence electrons. The number of nitrogens with one attached hydrogen (secondary N) is 2. The highest BCUT2D eigenvalue weighted by molar-refractivity contribution is 7.17. The number of benzene rings is 1. The summed E-state index contributed by atoms with van der Waals surface area (Å²) in [5.74, 6) is 1.37. The van der Waals surface area contributed by atoms with E-state index in [0.717, 1.165) is 27.7 Å². The van der Waals surface area contributed by atoms with E-state index in [1.165, 1.54) is 17.7 Å². The fourth-order valence-electron chi connectivity index (χ4n) is 2.41. The maximum absolute atomic E-state index is 12.4. The molecule has 0 aliphatic carbocycles. The van der Waals surface area contributed by atoms with Crippen LogP contribution in [0, 0.1) is 0 Å². The number of carbonyl (C=O) groups is 1. The van der Waals surface area contributed by atoms with Crippen LogP contribution in [-0.4, -0.2) is 29.5 Å². The first-order valence-corrected chi connectivity index (χ1v) is 9.19. The second kappa shape index (κ2) is 8.95. The Labute approximate surface area is 162 Å². The van der Waals surface area contributed by atoms with E-state index in [0.29, 0.717) is 18.0 Å². The van der Waals surface area contributed by atoms with Crippen molar-refractivity contribution in [1.82, 2.24) is 15.3 Å². The Morgan fingerprint density at radius 1 is 1.26 bits per heavy atom. The molecule has 0 saturated carbocycles. The van der Waals surface area contributed by atoms with E-state index < -0.39 is 0 Å². The summed E-state index contributed by atoms with van der Waals surface area (Å²) in [6.45, 7) is 4.73. The molecule has 2 aromatic heterocycles. The molecule has 3 aromatic rings. The number of thiophene rings is 1. The van der Waals surface area contributed by atoms with E-state index in [2.05, 4.69) is 27.2 Å². The van der Waals surface area contributed by atoms with E-state index in [9.17, 15) is 4.79 Å². The van der Waals surface area contributed by atoms with Crippen LogP contribution in [0.15, 0.2) is 61.4 Å². The number of hydrogen-bond donors (Lipinski definition) is 2. The van der Waals surface area contributed by atoms with Crippen LogP contribution in [0.2, 0.25) is 0 Å². The van der Waals surface area contributed by atoms with Crippen molar-refractivity contribution in [3.8, 4) is 16.3 Å². The molecule has 1 aromatic carbocycles. The average Bonchev–Trinajstić information content (AvgIpc) is 3.21. The first kappa shape index (κ1) is 18.6. The monoisotopic (exact) mass is 380 g/mol. The topological polar surface area (TPSA) is 76.1 Å². The zero-order valence-electron chi connectivity index (χ0n) is 14.9. The highest BCUT2D eigenvalue weighted by Crippen LogP contribution is 2.27. The molecule has 0 unspecified atom stereocenters. The summed E-state index contributed by atoms with van der Waals surface area (Å²) in [5, 5.41) is 6.06. The molecular formula is C20H20N4O2S. The van der Waals surface area contributed by atoms with Gasteiger partial charge >= 0.3 is 0 Å². The molecule has 0 radical (unpaired) electrons. The minimum atomic E-state index is -0.117. The van der Waals surface area contributed by atoms with Gasteiger partial charge in [0.25, 0.3) is 5.91 Å². The van der Waals surface area contributed by atoms with Crippen molar-refractivity contribution in [2.24, 2.45) is 0 Å². The predicted molar refractivity (Wildman–Crippen MR) is 108 cm³/mol. The van der Waals surface area contributed by atoms with Crippen LogP contribution in [-0.2, 0) is 6.54 Å². The van der Waals surface area contributed by atoms with Gasteiger partial charge < -0.3 is 15.4 Å². The number of nitrogens with zero attached hydrogens (tertiary/aromatic N) is 2. The minimum absolute atomic E-state index is 0.117. The van der Waals surface area contributed by atoms with Gasteiger partial charge in [-0.2, -0.15) is 0 Å². The van der Waals surface area contributed by atoms with Crippen molar-refractivity contribution in [3.63, 3.8) is 0 Å². The van der Waals surface area contributed by atoms with Crippen LogP contribution in [0.5, 0.6) is 5.75 Å². The fourth-order valence-corrected chi connectivity index (χ4v) is 3.31.